The summed E-state index contributed by atoms with van der Waals surface area (Å²) in [7, 11) is 0. The zero-order chi connectivity index (χ0) is 12.6. The Morgan fingerprint density at radius 2 is 2.12 bits per heavy atom. The van der Waals surface area contributed by atoms with Gasteiger partial charge < -0.3 is 0 Å². The van der Waals surface area contributed by atoms with Crippen molar-refractivity contribution in [1.82, 2.24) is 0 Å². The Hall–Kier alpha value is -1.16. The second-order valence-corrected chi connectivity index (χ2v) is 5.51. The Morgan fingerprint density at radius 3 is 2.65 bits per heavy atom. The summed E-state index contributed by atoms with van der Waals surface area (Å²) in [6.07, 6.45) is 0. The van der Waals surface area contributed by atoms with Crippen LogP contribution in [0.15, 0.2) is 33.8 Å². The Labute approximate surface area is 110 Å². The maximum absolute atomic E-state index is 12.3. The van der Waals surface area contributed by atoms with Crippen molar-refractivity contribution in [2.75, 3.05) is 5.01 Å². The van der Waals surface area contributed by atoms with Crippen LogP contribution in [-0.2, 0) is 4.79 Å². The highest BCUT2D eigenvalue weighted by Crippen LogP contribution is 2.29. The van der Waals surface area contributed by atoms with E-state index in [4.69, 9.17) is 0 Å². The zero-order valence-corrected chi connectivity index (χ0v) is 11.7. The van der Waals surface area contributed by atoms with Crippen LogP contribution in [0.3, 0.4) is 0 Å². The van der Waals surface area contributed by atoms with E-state index < -0.39 is 0 Å². The van der Waals surface area contributed by atoms with Crippen molar-refractivity contribution < 1.29 is 4.79 Å². The predicted octanol–water partition coefficient (Wildman–Crippen LogP) is 3.44. The number of rotatable bonds is 2. The fourth-order valence-electron chi connectivity index (χ4n) is 2.14. The number of amides is 1. The van der Waals surface area contributed by atoms with Crippen molar-refractivity contribution in [3.05, 3.63) is 28.7 Å². The minimum absolute atomic E-state index is 0.0654. The molecule has 3 nitrogen and oxygen atoms in total. The first-order chi connectivity index (χ1) is 8.00. The minimum Gasteiger partial charge on any atom is -0.272 e. The third-order valence-electron chi connectivity index (χ3n) is 2.90. The quantitative estimate of drug-likeness (QED) is 0.822. The van der Waals surface area contributed by atoms with Gasteiger partial charge in [0.25, 0.3) is 5.91 Å². The Balaban J connectivity index is 2.34. The van der Waals surface area contributed by atoms with Crippen molar-refractivity contribution in [3.63, 3.8) is 0 Å². The summed E-state index contributed by atoms with van der Waals surface area (Å²) >= 11 is 3.40. The molecule has 1 aliphatic heterocycles. The summed E-state index contributed by atoms with van der Waals surface area (Å²) < 4.78 is 0.948. The van der Waals surface area contributed by atoms with Crippen LogP contribution < -0.4 is 5.01 Å². The molecule has 0 spiro atoms. The summed E-state index contributed by atoms with van der Waals surface area (Å²) in [6.45, 7) is 6.01. The molecule has 0 saturated heterocycles. The lowest BCUT2D eigenvalue weighted by atomic mass is 9.92. The van der Waals surface area contributed by atoms with E-state index in [-0.39, 0.29) is 17.7 Å². The van der Waals surface area contributed by atoms with E-state index in [2.05, 4.69) is 21.0 Å². The van der Waals surface area contributed by atoms with E-state index in [9.17, 15) is 4.79 Å². The predicted molar refractivity (Wildman–Crippen MR) is 73.1 cm³/mol. The number of hydrogen-bond donors (Lipinski definition) is 0. The monoisotopic (exact) mass is 294 g/mol. The third kappa shape index (κ3) is 2.27. The molecule has 2 rings (SSSR count). The standard InChI is InChI=1S/C13H15BrN2O/c1-8(2)12-9(3)15-16(13(12)17)11-6-4-5-10(14)7-11/h4-8,12H,1-3H3. The van der Waals surface area contributed by atoms with E-state index in [0.29, 0.717) is 0 Å². The van der Waals surface area contributed by atoms with Crippen molar-refractivity contribution in [2.45, 2.75) is 20.8 Å². The van der Waals surface area contributed by atoms with Crippen LogP contribution in [0.2, 0.25) is 0 Å². The van der Waals surface area contributed by atoms with Gasteiger partial charge in [0.2, 0.25) is 0 Å². The number of carbonyl (C=O) groups excluding carboxylic acids is 1. The lowest BCUT2D eigenvalue weighted by molar-refractivity contribution is -0.120. The molecule has 1 amide bonds. The maximum atomic E-state index is 12.3. The molecule has 0 bridgehead atoms. The highest BCUT2D eigenvalue weighted by Gasteiger charge is 2.36. The first kappa shape index (κ1) is 12.3. The van der Waals surface area contributed by atoms with E-state index >= 15 is 0 Å². The van der Waals surface area contributed by atoms with Gasteiger partial charge in [-0.1, -0.05) is 35.8 Å². The molecule has 4 heteroatoms. The van der Waals surface area contributed by atoms with Crippen molar-refractivity contribution in [2.24, 2.45) is 16.9 Å². The Bertz CT molecular complexity index is 482. The Kier molecular flexibility index (Phi) is 3.33. The molecule has 0 radical (unpaired) electrons. The van der Waals surface area contributed by atoms with Gasteiger partial charge in [-0.15, -0.1) is 0 Å². The maximum Gasteiger partial charge on any atom is 0.256 e. The highest BCUT2D eigenvalue weighted by molar-refractivity contribution is 9.10. The number of nitrogens with zero attached hydrogens (tertiary/aromatic N) is 2. The highest BCUT2D eigenvalue weighted by atomic mass is 79.9. The fraction of sp³-hybridized carbons (Fsp3) is 0.385. The molecule has 0 N–H and O–H groups in total. The van der Waals surface area contributed by atoms with Crippen molar-refractivity contribution in [3.8, 4) is 0 Å². The summed E-state index contributed by atoms with van der Waals surface area (Å²) in [5, 5.41) is 5.87. The molecule has 90 valence electrons. The second-order valence-electron chi connectivity index (χ2n) is 4.59. The lowest BCUT2D eigenvalue weighted by Crippen LogP contribution is -2.30. The summed E-state index contributed by atoms with van der Waals surface area (Å²) in [6, 6.07) is 7.63. The van der Waals surface area contributed by atoms with Crippen molar-refractivity contribution in [1.29, 1.82) is 0 Å². The van der Waals surface area contributed by atoms with Crippen LogP contribution >= 0.6 is 15.9 Å². The van der Waals surface area contributed by atoms with Gasteiger partial charge in [-0.25, -0.2) is 5.01 Å². The molecule has 17 heavy (non-hydrogen) atoms. The van der Waals surface area contributed by atoms with Gasteiger partial charge in [-0.2, -0.15) is 5.10 Å². The zero-order valence-electron chi connectivity index (χ0n) is 10.1. The van der Waals surface area contributed by atoms with E-state index in [1.165, 1.54) is 5.01 Å². The summed E-state index contributed by atoms with van der Waals surface area (Å²) in [5.41, 5.74) is 1.71. The number of anilines is 1. The number of benzene rings is 1. The molecular formula is C13H15BrN2O. The topological polar surface area (TPSA) is 32.7 Å². The molecule has 1 aromatic rings. The molecule has 1 unspecified atom stereocenters. The van der Waals surface area contributed by atoms with Gasteiger partial charge in [0, 0.05) is 10.2 Å². The fourth-order valence-corrected chi connectivity index (χ4v) is 2.53. The lowest BCUT2D eigenvalue weighted by Gasteiger charge is -2.16. The van der Waals surface area contributed by atoms with E-state index in [0.717, 1.165) is 15.9 Å². The first-order valence-electron chi connectivity index (χ1n) is 5.65. The normalized spacial score (nSPS) is 20.1. The SMILES string of the molecule is CC1=NN(c2cccc(Br)c2)C(=O)C1C(C)C. The van der Waals surface area contributed by atoms with Crippen LogP contribution in [-0.4, -0.2) is 11.6 Å². The van der Waals surface area contributed by atoms with Crippen LogP contribution in [0.5, 0.6) is 0 Å². The summed E-state index contributed by atoms with van der Waals surface area (Å²) in [5.74, 6) is 0.257. The molecule has 1 aliphatic rings. The average molecular weight is 295 g/mol. The van der Waals surface area contributed by atoms with Crippen molar-refractivity contribution >= 4 is 33.2 Å². The van der Waals surface area contributed by atoms with Gasteiger partial charge in [0.05, 0.1) is 11.6 Å². The van der Waals surface area contributed by atoms with Crippen LogP contribution in [0, 0.1) is 11.8 Å². The number of carbonyl (C=O) groups is 1. The molecule has 0 aromatic heterocycles. The largest absolute Gasteiger partial charge is 0.272 e. The van der Waals surface area contributed by atoms with Crippen LogP contribution in [0.1, 0.15) is 20.8 Å². The molecule has 0 aliphatic carbocycles. The van der Waals surface area contributed by atoms with E-state index in [1.54, 1.807) is 0 Å². The number of halogens is 1. The smallest absolute Gasteiger partial charge is 0.256 e. The second kappa shape index (κ2) is 4.61. The van der Waals surface area contributed by atoms with Gasteiger partial charge in [-0.05, 0) is 31.0 Å². The first-order valence-corrected chi connectivity index (χ1v) is 6.44. The average Bonchev–Trinajstić information content (AvgIpc) is 2.54. The van der Waals surface area contributed by atoms with Gasteiger partial charge in [0.15, 0.2) is 0 Å². The third-order valence-corrected chi connectivity index (χ3v) is 3.40. The summed E-state index contributed by atoms with van der Waals surface area (Å²) in [4.78, 5) is 12.3. The van der Waals surface area contributed by atoms with E-state index in [1.807, 2.05) is 45.0 Å². The van der Waals surface area contributed by atoms with Gasteiger partial charge in [-0.3, -0.25) is 4.79 Å². The number of hydrogen-bond acceptors (Lipinski definition) is 2. The molecule has 1 aromatic carbocycles. The number of hydrazone groups is 1. The Morgan fingerprint density at radius 1 is 1.41 bits per heavy atom. The molecule has 0 saturated carbocycles. The van der Waals surface area contributed by atoms with Gasteiger partial charge in [0.1, 0.15) is 0 Å². The molecular weight excluding hydrogens is 280 g/mol. The molecule has 1 heterocycles. The minimum atomic E-state index is -0.0889. The van der Waals surface area contributed by atoms with Crippen LogP contribution in [0.4, 0.5) is 5.69 Å². The molecule has 0 fully saturated rings. The van der Waals surface area contributed by atoms with Gasteiger partial charge >= 0.3 is 0 Å². The molecule has 1 atom stereocenters. The van der Waals surface area contributed by atoms with Crippen LogP contribution in [0.25, 0.3) is 0 Å².